The molecule has 116 valence electrons. The van der Waals surface area contributed by atoms with Crippen molar-refractivity contribution in [2.24, 2.45) is 13.0 Å². The Morgan fingerprint density at radius 2 is 1.90 bits per heavy atom. The lowest BCUT2D eigenvalue weighted by Gasteiger charge is -2.31. The zero-order chi connectivity index (χ0) is 15.3. The molecule has 0 atom stereocenters. The summed E-state index contributed by atoms with van der Waals surface area (Å²) < 4.78 is 2.04. The van der Waals surface area contributed by atoms with Crippen molar-refractivity contribution in [2.75, 3.05) is 18.0 Å². The number of rotatable bonds is 8. The first-order valence-corrected chi connectivity index (χ1v) is 7.88. The van der Waals surface area contributed by atoms with E-state index in [0.717, 1.165) is 31.7 Å². The summed E-state index contributed by atoms with van der Waals surface area (Å²) in [5.41, 5.74) is 2.48. The second-order valence-corrected chi connectivity index (χ2v) is 6.33. The van der Waals surface area contributed by atoms with Crippen LogP contribution in [0.25, 0.3) is 0 Å². The Morgan fingerprint density at radius 1 is 1.25 bits per heavy atom. The third kappa shape index (κ3) is 4.23. The van der Waals surface area contributed by atoms with Crippen LogP contribution in [0.1, 0.15) is 52.3 Å². The summed E-state index contributed by atoms with van der Waals surface area (Å²) in [5, 5.41) is 8.15. The van der Waals surface area contributed by atoms with Crippen molar-refractivity contribution in [3.8, 4) is 0 Å². The molecule has 0 aromatic carbocycles. The maximum Gasteiger partial charge on any atom is 0.131 e. The van der Waals surface area contributed by atoms with E-state index in [1.165, 1.54) is 11.4 Å². The molecule has 0 aliphatic heterocycles. The summed E-state index contributed by atoms with van der Waals surface area (Å²) >= 11 is 0. The number of nitrogens with zero attached hydrogens (tertiary/aromatic N) is 3. The molecular formula is C16H32N4. The minimum atomic E-state index is 0.483. The maximum atomic E-state index is 4.64. The zero-order valence-corrected chi connectivity index (χ0v) is 14.3. The van der Waals surface area contributed by atoms with Crippen LogP contribution >= 0.6 is 0 Å². The molecule has 1 aromatic rings. The van der Waals surface area contributed by atoms with E-state index in [-0.39, 0.29) is 0 Å². The summed E-state index contributed by atoms with van der Waals surface area (Å²) in [4.78, 5) is 2.48. The van der Waals surface area contributed by atoms with E-state index in [2.05, 4.69) is 63.9 Å². The molecule has 1 aromatic heterocycles. The van der Waals surface area contributed by atoms with Gasteiger partial charge < -0.3 is 10.2 Å². The van der Waals surface area contributed by atoms with Gasteiger partial charge in [0.25, 0.3) is 0 Å². The fourth-order valence-corrected chi connectivity index (χ4v) is 2.58. The number of aryl methyl sites for hydroxylation is 2. The summed E-state index contributed by atoms with van der Waals surface area (Å²) in [5.74, 6) is 1.92. The smallest absolute Gasteiger partial charge is 0.131 e. The molecule has 0 saturated carbocycles. The van der Waals surface area contributed by atoms with Gasteiger partial charge >= 0.3 is 0 Å². The Bertz CT molecular complexity index is 407. The quantitative estimate of drug-likeness (QED) is 0.743. The summed E-state index contributed by atoms with van der Waals surface area (Å²) in [6.45, 7) is 16.4. The number of anilines is 1. The van der Waals surface area contributed by atoms with Crippen molar-refractivity contribution in [2.45, 2.75) is 60.5 Å². The molecule has 0 bridgehead atoms. The molecule has 0 unspecified atom stereocenters. The van der Waals surface area contributed by atoms with Gasteiger partial charge in [0.1, 0.15) is 5.82 Å². The second kappa shape index (κ2) is 7.67. The van der Waals surface area contributed by atoms with Gasteiger partial charge in [0.05, 0.1) is 5.69 Å². The van der Waals surface area contributed by atoms with Gasteiger partial charge in [0.2, 0.25) is 0 Å². The first-order valence-electron chi connectivity index (χ1n) is 7.88. The van der Waals surface area contributed by atoms with E-state index in [9.17, 15) is 0 Å². The largest absolute Gasteiger partial charge is 0.354 e. The molecule has 1 rings (SSSR count). The molecule has 0 fully saturated rings. The van der Waals surface area contributed by atoms with Crippen LogP contribution in [0.4, 0.5) is 5.82 Å². The molecule has 0 spiro atoms. The molecule has 20 heavy (non-hydrogen) atoms. The Balaban J connectivity index is 3.06. The van der Waals surface area contributed by atoms with Crippen LogP contribution < -0.4 is 10.2 Å². The average Bonchev–Trinajstić information content (AvgIpc) is 2.61. The predicted octanol–water partition coefficient (Wildman–Crippen LogP) is 3.10. The SMILES string of the molecule is CCCNCc1c(C)nn(C)c1N(CC(C)C)C(C)C. The lowest BCUT2D eigenvalue weighted by Crippen LogP contribution is -2.36. The standard InChI is InChI=1S/C16H32N4/c1-8-9-17-10-15-14(6)18-19(7)16(15)20(13(4)5)11-12(2)3/h12-13,17H,8-11H2,1-7H3. The van der Waals surface area contributed by atoms with Gasteiger partial charge in [-0.2, -0.15) is 5.10 Å². The molecule has 0 amide bonds. The van der Waals surface area contributed by atoms with Crippen LogP contribution in [0.3, 0.4) is 0 Å². The van der Waals surface area contributed by atoms with Crippen molar-refractivity contribution in [1.29, 1.82) is 0 Å². The van der Waals surface area contributed by atoms with E-state index in [0.29, 0.717) is 12.0 Å². The van der Waals surface area contributed by atoms with E-state index in [1.807, 2.05) is 4.68 Å². The number of aromatic nitrogens is 2. The van der Waals surface area contributed by atoms with Gasteiger partial charge in [-0.15, -0.1) is 0 Å². The van der Waals surface area contributed by atoms with Crippen LogP contribution in [0, 0.1) is 12.8 Å². The average molecular weight is 280 g/mol. The highest BCUT2D eigenvalue weighted by Gasteiger charge is 2.21. The minimum absolute atomic E-state index is 0.483. The van der Waals surface area contributed by atoms with Gasteiger partial charge in [-0.1, -0.05) is 20.8 Å². The summed E-state index contributed by atoms with van der Waals surface area (Å²) in [7, 11) is 2.06. The lowest BCUT2D eigenvalue weighted by molar-refractivity contribution is 0.549. The van der Waals surface area contributed by atoms with Gasteiger partial charge in [0.15, 0.2) is 0 Å². The summed E-state index contributed by atoms with van der Waals surface area (Å²) in [6, 6.07) is 0.483. The number of hydrogen-bond donors (Lipinski definition) is 1. The third-order valence-corrected chi connectivity index (χ3v) is 3.50. The highest BCUT2D eigenvalue weighted by Crippen LogP contribution is 2.26. The van der Waals surface area contributed by atoms with E-state index >= 15 is 0 Å². The summed E-state index contributed by atoms with van der Waals surface area (Å²) in [6.07, 6.45) is 1.16. The lowest BCUT2D eigenvalue weighted by atomic mass is 10.1. The highest BCUT2D eigenvalue weighted by molar-refractivity contribution is 5.51. The van der Waals surface area contributed by atoms with Crippen LogP contribution in [-0.4, -0.2) is 28.9 Å². The van der Waals surface area contributed by atoms with Crippen LogP contribution in [0.5, 0.6) is 0 Å². The number of hydrogen-bond acceptors (Lipinski definition) is 3. The van der Waals surface area contributed by atoms with Crippen molar-refractivity contribution in [3.63, 3.8) is 0 Å². The highest BCUT2D eigenvalue weighted by atomic mass is 15.4. The van der Waals surface area contributed by atoms with Crippen molar-refractivity contribution in [3.05, 3.63) is 11.3 Å². The van der Waals surface area contributed by atoms with Crippen molar-refractivity contribution < 1.29 is 0 Å². The van der Waals surface area contributed by atoms with E-state index < -0.39 is 0 Å². The number of nitrogens with one attached hydrogen (secondary N) is 1. The van der Waals surface area contributed by atoms with Gasteiger partial charge in [-0.05, 0) is 39.7 Å². The molecule has 0 aliphatic carbocycles. The van der Waals surface area contributed by atoms with Crippen molar-refractivity contribution in [1.82, 2.24) is 15.1 Å². The molecular weight excluding hydrogens is 248 g/mol. The van der Waals surface area contributed by atoms with Gasteiger partial charge in [0, 0.05) is 31.7 Å². The topological polar surface area (TPSA) is 33.1 Å². The normalized spacial score (nSPS) is 11.7. The molecule has 1 heterocycles. The molecule has 4 nitrogen and oxygen atoms in total. The first-order chi connectivity index (χ1) is 9.38. The van der Waals surface area contributed by atoms with E-state index in [4.69, 9.17) is 0 Å². The zero-order valence-electron chi connectivity index (χ0n) is 14.3. The molecule has 0 saturated heterocycles. The Labute approximate surface area is 124 Å². The van der Waals surface area contributed by atoms with Gasteiger partial charge in [-0.3, -0.25) is 4.68 Å². The molecule has 0 radical (unpaired) electrons. The minimum Gasteiger partial charge on any atom is -0.354 e. The molecule has 0 aliphatic rings. The van der Waals surface area contributed by atoms with Crippen LogP contribution in [-0.2, 0) is 13.6 Å². The Hall–Kier alpha value is -1.03. The fourth-order valence-electron chi connectivity index (χ4n) is 2.58. The Morgan fingerprint density at radius 3 is 2.40 bits per heavy atom. The monoisotopic (exact) mass is 280 g/mol. The van der Waals surface area contributed by atoms with Crippen LogP contribution in [0.15, 0.2) is 0 Å². The fraction of sp³-hybridized carbons (Fsp3) is 0.812. The van der Waals surface area contributed by atoms with Crippen molar-refractivity contribution >= 4 is 5.82 Å². The van der Waals surface area contributed by atoms with Gasteiger partial charge in [-0.25, -0.2) is 0 Å². The molecule has 1 N–H and O–H groups in total. The second-order valence-electron chi connectivity index (χ2n) is 6.33. The first kappa shape index (κ1) is 17.0. The van der Waals surface area contributed by atoms with E-state index in [1.54, 1.807) is 0 Å². The van der Waals surface area contributed by atoms with Crippen LogP contribution in [0.2, 0.25) is 0 Å². The predicted molar refractivity (Wildman–Crippen MR) is 87.3 cm³/mol. The molecule has 4 heteroatoms. The third-order valence-electron chi connectivity index (χ3n) is 3.50. The Kier molecular flexibility index (Phi) is 6.53. The maximum absolute atomic E-state index is 4.64.